The number of carbonyl (C=O) groups is 3. The van der Waals surface area contributed by atoms with Crippen molar-refractivity contribution in [2.24, 2.45) is 0 Å². The molecule has 27 heavy (non-hydrogen) atoms. The molecule has 1 aromatic rings. The van der Waals surface area contributed by atoms with E-state index >= 15 is 0 Å². The molecule has 1 aromatic carbocycles. The summed E-state index contributed by atoms with van der Waals surface area (Å²) in [6, 6.07) is 7.61. The number of para-hydroxylation sites is 1. The summed E-state index contributed by atoms with van der Waals surface area (Å²) < 4.78 is 17.3. The molecule has 0 bridgehead atoms. The first-order valence-corrected chi connectivity index (χ1v) is 11.0. The van der Waals surface area contributed by atoms with Crippen molar-refractivity contribution in [2.75, 3.05) is 11.9 Å². The second kappa shape index (κ2) is 8.21. The number of amides is 2. The number of ether oxygens (including phenoxy) is 1. The van der Waals surface area contributed by atoms with Gasteiger partial charge in [-0.05, 0) is 39.2 Å². The van der Waals surface area contributed by atoms with Crippen LogP contribution >= 0.6 is 31.9 Å². The molecule has 1 fully saturated rings. The highest BCUT2D eigenvalue weighted by Gasteiger charge is 2.63. The number of alkyl halides is 2. The third kappa shape index (κ3) is 3.73. The third-order valence-electron chi connectivity index (χ3n) is 4.08. The van der Waals surface area contributed by atoms with Crippen LogP contribution in [0.15, 0.2) is 41.6 Å². The lowest BCUT2D eigenvalue weighted by Gasteiger charge is -2.50. The van der Waals surface area contributed by atoms with Crippen molar-refractivity contribution >= 4 is 60.8 Å². The van der Waals surface area contributed by atoms with E-state index in [1.807, 2.05) is 0 Å². The van der Waals surface area contributed by atoms with Gasteiger partial charge in [-0.25, -0.2) is 4.79 Å². The topological polar surface area (TPSA) is 119 Å². The van der Waals surface area contributed by atoms with Crippen LogP contribution in [0.4, 0.5) is 0 Å². The average molecular weight is 522 g/mol. The number of carboxylic acid groups (broad SMARTS) is 1. The highest BCUT2D eigenvalue weighted by atomic mass is 79.9. The molecular weight excluding hydrogens is 508 g/mol. The van der Waals surface area contributed by atoms with E-state index in [1.165, 1.54) is 0 Å². The van der Waals surface area contributed by atoms with Gasteiger partial charge < -0.3 is 19.7 Å². The molecule has 0 radical (unpaired) electrons. The predicted octanol–water partition coefficient (Wildman–Crippen LogP) is 0.935. The molecule has 0 aliphatic carbocycles. The van der Waals surface area contributed by atoms with E-state index in [1.54, 1.807) is 30.3 Å². The van der Waals surface area contributed by atoms with Gasteiger partial charge in [0.2, 0.25) is 5.37 Å². The van der Waals surface area contributed by atoms with Gasteiger partial charge in [0.05, 0.1) is 0 Å². The van der Waals surface area contributed by atoms with Crippen LogP contribution in [-0.2, 0) is 25.6 Å². The van der Waals surface area contributed by atoms with Crippen LogP contribution in [0.25, 0.3) is 0 Å². The summed E-state index contributed by atoms with van der Waals surface area (Å²) in [7, 11) is 0. The lowest BCUT2D eigenvalue weighted by Crippen LogP contribution is -2.75. The smallest absolute Gasteiger partial charge is 0.352 e. The van der Waals surface area contributed by atoms with Crippen molar-refractivity contribution in [2.45, 2.75) is 15.6 Å². The number of hydrogen-bond donors (Lipinski definition) is 2. The zero-order valence-corrected chi connectivity index (χ0v) is 17.6. The van der Waals surface area contributed by atoms with E-state index in [0.717, 1.165) is 4.90 Å². The monoisotopic (exact) mass is 520 g/mol. The Morgan fingerprint density at radius 1 is 1.33 bits per heavy atom. The Labute approximate surface area is 174 Å². The first-order chi connectivity index (χ1) is 12.9. The van der Waals surface area contributed by atoms with Crippen LogP contribution in [-0.4, -0.2) is 59.9 Å². The molecule has 1 saturated heterocycles. The van der Waals surface area contributed by atoms with Crippen LogP contribution in [0.3, 0.4) is 0 Å². The summed E-state index contributed by atoms with van der Waals surface area (Å²) in [5, 5.41) is 11.1. The van der Waals surface area contributed by atoms with E-state index in [0.29, 0.717) is 11.3 Å². The van der Waals surface area contributed by atoms with E-state index in [4.69, 9.17) is 4.74 Å². The first-order valence-electron chi connectivity index (χ1n) is 7.72. The Morgan fingerprint density at radius 3 is 2.59 bits per heavy atom. The maximum Gasteiger partial charge on any atom is 0.352 e. The van der Waals surface area contributed by atoms with E-state index in [-0.39, 0.29) is 17.6 Å². The molecule has 0 spiro atoms. The van der Waals surface area contributed by atoms with Gasteiger partial charge in [-0.3, -0.25) is 14.5 Å². The molecule has 2 aliphatic rings. The molecule has 3 rings (SSSR count). The first kappa shape index (κ1) is 20.2. The van der Waals surface area contributed by atoms with Gasteiger partial charge in [-0.1, -0.05) is 34.1 Å². The fourth-order valence-corrected chi connectivity index (χ4v) is 6.71. The summed E-state index contributed by atoms with van der Waals surface area (Å²) in [5.41, 5.74) is 0.0944. The van der Waals surface area contributed by atoms with Gasteiger partial charge in [0.1, 0.15) is 11.4 Å². The normalized spacial score (nSPS) is 26.9. The molecule has 2 aliphatic heterocycles. The summed E-state index contributed by atoms with van der Waals surface area (Å²) >= 11 is 4.77. The zero-order valence-electron chi connectivity index (χ0n) is 13.6. The molecule has 0 saturated carbocycles. The van der Waals surface area contributed by atoms with E-state index in [2.05, 4.69) is 37.2 Å². The Balaban J connectivity index is 1.71. The van der Waals surface area contributed by atoms with Gasteiger partial charge in [-0.15, -0.1) is 0 Å². The minimum atomic E-state index is -1.63. The van der Waals surface area contributed by atoms with Crippen LogP contribution in [0.1, 0.15) is 0 Å². The number of carbonyl (C=O) groups excluding carboxylic acids is 2. The van der Waals surface area contributed by atoms with Crippen molar-refractivity contribution in [3.8, 4) is 5.75 Å². The summed E-state index contributed by atoms with van der Waals surface area (Å²) in [6.07, 6.45) is 0. The number of hydrogen-bond acceptors (Lipinski definition) is 5. The molecule has 11 heteroatoms. The minimum absolute atomic E-state index is 0.148. The average Bonchev–Trinajstić information content (AvgIpc) is 2.66. The molecule has 3 unspecified atom stereocenters. The maximum absolute atomic E-state index is 12.7. The second-order valence-electron chi connectivity index (χ2n) is 5.70. The van der Waals surface area contributed by atoms with Crippen molar-refractivity contribution < 1.29 is 28.8 Å². The van der Waals surface area contributed by atoms with E-state index < -0.39 is 44.5 Å². The highest BCUT2D eigenvalue weighted by Crippen LogP contribution is 2.42. The van der Waals surface area contributed by atoms with E-state index in [9.17, 15) is 24.0 Å². The minimum Gasteiger partial charge on any atom is -0.614 e. The molecule has 2 N–H and O–H groups in total. The van der Waals surface area contributed by atoms with Crippen molar-refractivity contribution in [1.29, 1.82) is 0 Å². The molecule has 4 atom stereocenters. The second-order valence-corrected chi connectivity index (χ2v) is 9.40. The summed E-state index contributed by atoms with van der Waals surface area (Å²) in [4.78, 5) is 37.1. The van der Waals surface area contributed by atoms with Crippen LogP contribution < -0.4 is 10.1 Å². The quantitative estimate of drug-likeness (QED) is 0.326. The number of nitrogens with one attached hydrogen (secondary N) is 1. The Bertz CT molecular complexity index is 805. The van der Waals surface area contributed by atoms with Crippen LogP contribution in [0.5, 0.6) is 5.75 Å². The Hall–Kier alpha value is -1.56. The third-order valence-corrected chi connectivity index (χ3v) is 7.99. The fraction of sp³-hybridized carbons (Fsp3) is 0.312. The SMILES string of the molecule is O=C(COc1ccccc1)NC1C(=O)N2C(C(=O)O)=C(CBr)C(Br)[S+]([O-])[C@H]12. The lowest BCUT2D eigenvalue weighted by molar-refractivity contribution is -0.151. The molecule has 2 amide bonds. The molecular formula is C16H14Br2N2O6S. The lowest BCUT2D eigenvalue weighted by atomic mass is 10.0. The predicted molar refractivity (Wildman–Crippen MR) is 104 cm³/mol. The van der Waals surface area contributed by atoms with Crippen molar-refractivity contribution in [3.05, 3.63) is 41.6 Å². The standard InChI is InChI=1S/C16H14Br2N2O6S/c17-6-9-12(16(23)24)20-14(22)11(15(20)27(25)13(9)18)19-10(21)7-26-8-4-2-1-3-5-8/h1-5,11,13,15H,6-7H2,(H,19,21)(H,23,24)/t11?,13?,15-,27?/m1/s1. The zero-order chi connectivity index (χ0) is 19.7. The highest BCUT2D eigenvalue weighted by molar-refractivity contribution is 9.11. The summed E-state index contributed by atoms with van der Waals surface area (Å²) in [6.45, 7) is -0.320. The molecule has 8 nitrogen and oxygen atoms in total. The molecule has 144 valence electrons. The number of nitrogens with zero attached hydrogens (tertiary/aromatic N) is 1. The Morgan fingerprint density at radius 2 is 2.00 bits per heavy atom. The molecule has 2 heterocycles. The maximum atomic E-state index is 12.7. The number of benzene rings is 1. The Kier molecular flexibility index (Phi) is 6.14. The molecule has 0 aromatic heterocycles. The van der Waals surface area contributed by atoms with Crippen LogP contribution in [0, 0.1) is 0 Å². The van der Waals surface area contributed by atoms with Crippen molar-refractivity contribution in [3.63, 3.8) is 0 Å². The van der Waals surface area contributed by atoms with Gasteiger partial charge in [0.25, 0.3) is 11.8 Å². The number of fused-ring (bicyclic) bond motifs is 1. The van der Waals surface area contributed by atoms with Crippen molar-refractivity contribution in [1.82, 2.24) is 10.2 Å². The van der Waals surface area contributed by atoms with Gasteiger partial charge in [0.15, 0.2) is 16.8 Å². The number of rotatable bonds is 6. The number of aliphatic carboxylic acids is 1. The number of carboxylic acids is 1. The largest absolute Gasteiger partial charge is 0.614 e. The number of halogens is 2. The summed E-state index contributed by atoms with van der Waals surface area (Å²) in [5.74, 6) is -1.97. The van der Waals surface area contributed by atoms with Gasteiger partial charge in [-0.2, -0.15) is 0 Å². The van der Waals surface area contributed by atoms with Crippen LogP contribution in [0.2, 0.25) is 0 Å². The van der Waals surface area contributed by atoms with Gasteiger partial charge >= 0.3 is 5.97 Å². The number of β-lactam (4-membered cyclic amide) rings is 1. The fourth-order valence-electron chi connectivity index (χ4n) is 2.84. The van der Waals surface area contributed by atoms with Gasteiger partial charge in [0, 0.05) is 10.9 Å².